The Morgan fingerprint density at radius 1 is 1.13 bits per heavy atom. The lowest BCUT2D eigenvalue weighted by molar-refractivity contribution is 0.577. The van der Waals surface area contributed by atoms with Crippen LogP contribution in [0.1, 0.15) is 17.8 Å². The molecule has 0 radical (unpaired) electrons. The van der Waals surface area contributed by atoms with Crippen LogP contribution in [0, 0.1) is 0 Å². The summed E-state index contributed by atoms with van der Waals surface area (Å²) in [6, 6.07) is 8.08. The molecule has 6 heteroatoms. The summed E-state index contributed by atoms with van der Waals surface area (Å²) in [5, 5.41) is 2.09. The lowest BCUT2D eigenvalue weighted by atomic mass is 10.2. The van der Waals surface area contributed by atoms with E-state index in [1.165, 1.54) is 4.88 Å². The molecule has 1 unspecified atom stereocenters. The van der Waals surface area contributed by atoms with Crippen LogP contribution >= 0.6 is 11.3 Å². The van der Waals surface area contributed by atoms with E-state index in [1.54, 1.807) is 36.2 Å². The van der Waals surface area contributed by atoms with Gasteiger partial charge in [-0.1, -0.05) is 6.07 Å². The number of aromatic nitrogens is 4. The van der Waals surface area contributed by atoms with Crippen molar-refractivity contribution in [2.45, 2.75) is 13.0 Å². The Balaban J connectivity index is 1.68. The minimum Gasteiger partial charge on any atom is -0.461 e. The van der Waals surface area contributed by atoms with Crippen molar-refractivity contribution in [1.29, 1.82) is 0 Å². The van der Waals surface area contributed by atoms with Crippen LogP contribution in [-0.2, 0) is 0 Å². The topological polar surface area (TPSA) is 56.7 Å². The highest BCUT2D eigenvalue weighted by Gasteiger charge is 2.15. The number of imidazole rings is 1. The van der Waals surface area contributed by atoms with E-state index in [9.17, 15) is 0 Å². The van der Waals surface area contributed by atoms with Crippen LogP contribution in [0.2, 0.25) is 0 Å². The number of thiophene rings is 1. The quantitative estimate of drug-likeness (QED) is 0.563. The third kappa shape index (κ3) is 2.57. The molecule has 0 aliphatic carbocycles. The van der Waals surface area contributed by atoms with Gasteiger partial charge in [-0.15, -0.1) is 11.3 Å². The van der Waals surface area contributed by atoms with E-state index < -0.39 is 0 Å². The second-order valence-corrected chi connectivity index (χ2v) is 6.10. The SMILES string of the molecule is CC(c1cccs1)n1ccnc1-c1cnc(-c2ccco2)nc1. The molecule has 0 aliphatic rings. The highest BCUT2D eigenvalue weighted by Crippen LogP contribution is 2.27. The second-order valence-electron chi connectivity index (χ2n) is 5.12. The van der Waals surface area contributed by atoms with Crippen LogP contribution in [0.5, 0.6) is 0 Å². The third-order valence-corrected chi connectivity index (χ3v) is 4.74. The van der Waals surface area contributed by atoms with Gasteiger partial charge in [-0.3, -0.25) is 0 Å². The zero-order chi connectivity index (χ0) is 15.6. The fraction of sp³-hybridized carbons (Fsp3) is 0.118. The highest BCUT2D eigenvalue weighted by molar-refractivity contribution is 7.10. The van der Waals surface area contributed by atoms with Gasteiger partial charge in [-0.25, -0.2) is 15.0 Å². The van der Waals surface area contributed by atoms with E-state index in [0.29, 0.717) is 11.6 Å². The van der Waals surface area contributed by atoms with Gasteiger partial charge in [0.25, 0.3) is 0 Å². The fourth-order valence-electron chi connectivity index (χ4n) is 2.49. The van der Waals surface area contributed by atoms with Crippen LogP contribution in [0.25, 0.3) is 23.0 Å². The monoisotopic (exact) mass is 322 g/mol. The second kappa shape index (κ2) is 5.81. The highest BCUT2D eigenvalue weighted by atomic mass is 32.1. The molecule has 114 valence electrons. The predicted octanol–water partition coefficient (Wildman–Crippen LogP) is 4.27. The van der Waals surface area contributed by atoms with Crippen molar-refractivity contribution < 1.29 is 4.42 Å². The molecule has 0 fully saturated rings. The first-order valence-electron chi connectivity index (χ1n) is 7.25. The number of nitrogens with zero attached hydrogens (tertiary/aromatic N) is 4. The summed E-state index contributed by atoms with van der Waals surface area (Å²) < 4.78 is 7.45. The van der Waals surface area contributed by atoms with Crippen LogP contribution in [0.15, 0.2) is 65.1 Å². The Bertz CT molecular complexity index is 879. The lowest BCUT2D eigenvalue weighted by Gasteiger charge is -2.14. The molecule has 23 heavy (non-hydrogen) atoms. The predicted molar refractivity (Wildman–Crippen MR) is 89.1 cm³/mol. The molecule has 4 aromatic heterocycles. The first kappa shape index (κ1) is 13.9. The van der Waals surface area contributed by atoms with E-state index in [2.05, 4.69) is 44.0 Å². The Morgan fingerprint density at radius 3 is 2.70 bits per heavy atom. The minimum absolute atomic E-state index is 0.220. The molecular weight excluding hydrogens is 308 g/mol. The Kier molecular flexibility index (Phi) is 3.51. The van der Waals surface area contributed by atoms with Crippen LogP contribution in [-0.4, -0.2) is 19.5 Å². The average Bonchev–Trinajstić information content (AvgIpc) is 3.36. The maximum absolute atomic E-state index is 5.32. The molecule has 0 saturated heterocycles. The minimum atomic E-state index is 0.220. The van der Waals surface area contributed by atoms with Crippen LogP contribution in [0.4, 0.5) is 0 Å². The molecule has 4 aromatic rings. The van der Waals surface area contributed by atoms with Crippen molar-refractivity contribution in [1.82, 2.24) is 19.5 Å². The number of rotatable bonds is 4. The van der Waals surface area contributed by atoms with E-state index in [-0.39, 0.29) is 6.04 Å². The normalized spacial score (nSPS) is 12.4. The molecule has 1 atom stereocenters. The summed E-state index contributed by atoms with van der Waals surface area (Å²) in [5.41, 5.74) is 0.883. The average molecular weight is 322 g/mol. The maximum atomic E-state index is 5.32. The summed E-state index contributed by atoms with van der Waals surface area (Å²) >= 11 is 1.74. The molecule has 4 heterocycles. The zero-order valence-corrected chi connectivity index (χ0v) is 13.3. The molecule has 5 nitrogen and oxygen atoms in total. The van der Waals surface area contributed by atoms with Gasteiger partial charge in [-0.05, 0) is 30.5 Å². The van der Waals surface area contributed by atoms with Crippen molar-refractivity contribution in [3.63, 3.8) is 0 Å². The zero-order valence-electron chi connectivity index (χ0n) is 12.5. The summed E-state index contributed by atoms with van der Waals surface area (Å²) in [4.78, 5) is 14.5. The van der Waals surface area contributed by atoms with Gasteiger partial charge >= 0.3 is 0 Å². The Hall–Kier alpha value is -2.73. The van der Waals surface area contributed by atoms with E-state index in [4.69, 9.17) is 4.42 Å². The molecule has 0 bridgehead atoms. The first-order valence-corrected chi connectivity index (χ1v) is 8.13. The van der Waals surface area contributed by atoms with Gasteiger partial charge in [0, 0.05) is 29.7 Å². The summed E-state index contributed by atoms with van der Waals surface area (Å²) in [7, 11) is 0. The molecule has 0 spiro atoms. The summed E-state index contributed by atoms with van der Waals surface area (Å²) in [5.74, 6) is 2.09. The Labute approximate surface area is 137 Å². The largest absolute Gasteiger partial charge is 0.461 e. The molecule has 4 rings (SSSR count). The maximum Gasteiger partial charge on any atom is 0.195 e. The first-order chi connectivity index (χ1) is 11.3. The molecular formula is C17H14N4OS. The van der Waals surface area contributed by atoms with Crippen molar-refractivity contribution in [3.05, 3.63) is 65.6 Å². The molecule has 0 aromatic carbocycles. The fourth-order valence-corrected chi connectivity index (χ4v) is 3.27. The summed E-state index contributed by atoms with van der Waals surface area (Å²) in [6.07, 6.45) is 8.97. The van der Waals surface area contributed by atoms with Crippen molar-refractivity contribution in [2.75, 3.05) is 0 Å². The van der Waals surface area contributed by atoms with Gasteiger partial charge in [-0.2, -0.15) is 0 Å². The molecule has 0 aliphatic heterocycles. The number of hydrogen-bond acceptors (Lipinski definition) is 5. The molecule has 0 saturated carbocycles. The van der Waals surface area contributed by atoms with Gasteiger partial charge in [0.1, 0.15) is 5.82 Å². The standard InChI is InChI=1S/C17H14N4OS/c1-12(15-5-3-9-23-15)21-7-6-18-17(21)13-10-19-16(20-11-13)14-4-2-8-22-14/h2-12H,1H3. The van der Waals surface area contributed by atoms with Gasteiger partial charge in [0.2, 0.25) is 0 Å². The lowest BCUT2D eigenvalue weighted by Crippen LogP contribution is -2.06. The molecule has 0 amide bonds. The third-order valence-electron chi connectivity index (χ3n) is 3.69. The van der Waals surface area contributed by atoms with Gasteiger partial charge in [0.15, 0.2) is 11.6 Å². The number of furan rings is 1. The van der Waals surface area contributed by atoms with E-state index >= 15 is 0 Å². The number of hydrogen-bond donors (Lipinski definition) is 0. The van der Waals surface area contributed by atoms with Gasteiger partial charge < -0.3 is 8.98 Å². The Morgan fingerprint density at radius 2 is 2.00 bits per heavy atom. The van der Waals surface area contributed by atoms with Crippen LogP contribution in [0.3, 0.4) is 0 Å². The van der Waals surface area contributed by atoms with Crippen molar-refractivity contribution in [2.24, 2.45) is 0 Å². The van der Waals surface area contributed by atoms with Crippen LogP contribution < -0.4 is 0 Å². The van der Waals surface area contributed by atoms with Crippen molar-refractivity contribution in [3.8, 4) is 23.0 Å². The molecule has 0 N–H and O–H groups in total. The van der Waals surface area contributed by atoms with E-state index in [1.807, 2.05) is 18.3 Å². The summed E-state index contributed by atoms with van der Waals surface area (Å²) in [6.45, 7) is 2.16. The smallest absolute Gasteiger partial charge is 0.195 e. The van der Waals surface area contributed by atoms with E-state index in [0.717, 1.165) is 11.4 Å². The van der Waals surface area contributed by atoms with Gasteiger partial charge in [0.05, 0.1) is 17.9 Å². The van der Waals surface area contributed by atoms with Crippen molar-refractivity contribution >= 4 is 11.3 Å².